The lowest BCUT2D eigenvalue weighted by Crippen LogP contribution is -2.40. The van der Waals surface area contributed by atoms with Gasteiger partial charge in [0, 0.05) is 25.9 Å². The second-order valence-corrected chi connectivity index (χ2v) is 6.87. The molecule has 1 saturated carbocycles. The Morgan fingerprint density at radius 2 is 2.00 bits per heavy atom. The number of likely N-dealkylation sites (tertiary alicyclic amines) is 1. The molecule has 0 aromatic rings. The lowest BCUT2D eigenvalue weighted by atomic mass is 9.77. The zero-order chi connectivity index (χ0) is 14.0. The minimum absolute atomic E-state index is 0.204. The molecule has 0 radical (unpaired) electrons. The van der Waals surface area contributed by atoms with Crippen molar-refractivity contribution in [3.8, 4) is 0 Å². The fourth-order valence-corrected chi connectivity index (χ4v) is 3.13. The Labute approximate surface area is 115 Å². The van der Waals surface area contributed by atoms with Crippen molar-refractivity contribution in [3.05, 3.63) is 0 Å². The topological polar surface area (TPSA) is 46.6 Å². The van der Waals surface area contributed by atoms with Gasteiger partial charge in [-0.2, -0.15) is 0 Å². The Kier molecular flexibility index (Phi) is 4.16. The van der Waals surface area contributed by atoms with Crippen molar-refractivity contribution in [3.63, 3.8) is 0 Å². The van der Waals surface area contributed by atoms with Crippen LogP contribution in [0, 0.1) is 11.8 Å². The summed E-state index contributed by atoms with van der Waals surface area (Å²) in [5.74, 6) is 1.35. The molecule has 19 heavy (non-hydrogen) atoms. The number of carbonyl (C=O) groups is 2. The van der Waals surface area contributed by atoms with E-state index < -0.39 is 5.60 Å². The van der Waals surface area contributed by atoms with Gasteiger partial charge in [0.25, 0.3) is 0 Å². The molecule has 1 heterocycles. The summed E-state index contributed by atoms with van der Waals surface area (Å²) in [6, 6.07) is 0. The molecule has 2 unspecified atom stereocenters. The lowest BCUT2D eigenvalue weighted by Gasteiger charge is -2.32. The Bertz CT molecular complexity index is 359. The van der Waals surface area contributed by atoms with E-state index in [1.165, 1.54) is 0 Å². The van der Waals surface area contributed by atoms with Gasteiger partial charge in [-0.1, -0.05) is 0 Å². The van der Waals surface area contributed by atoms with E-state index in [0.29, 0.717) is 30.5 Å². The summed E-state index contributed by atoms with van der Waals surface area (Å²) < 4.78 is 5.45. The SMILES string of the molecule is CC(C)(C)OC(=O)N1CCCC2CC(=O)CCC2C1. The summed E-state index contributed by atoms with van der Waals surface area (Å²) in [6.45, 7) is 7.20. The summed E-state index contributed by atoms with van der Waals surface area (Å²) in [5.41, 5.74) is -0.439. The largest absolute Gasteiger partial charge is 0.444 e. The molecule has 0 N–H and O–H groups in total. The van der Waals surface area contributed by atoms with E-state index in [4.69, 9.17) is 4.74 Å². The molecule has 2 rings (SSSR count). The first-order valence-corrected chi connectivity index (χ1v) is 7.35. The summed E-state index contributed by atoms with van der Waals surface area (Å²) in [7, 11) is 0. The van der Waals surface area contributed by atoms with Crippen molar-refractivity contribution in [1.82, 2.24) is 4.90 Å². The second kappa shape index (κ2) is 5.51. The summed E-state index contributed by atoms with van der Waals surface area (Å²) in [5, 5.41) is 0. The first-order chi connectivity index (χ1) is 8.85. The molecule has 1 saturated heterocycles. The van der Waals surface area contributed by atoms with Gasteiger partial charge in [0.2, 0.25) is 0 Å². The van der Waals surface area contributed by atoms with Crippen LogP contribution < -0.4 is 0 Å². The third-order valence-corrected chi connectivity index (χ3v) is 4.06. The van der Waals surface area contributed by atoms with E-state index in [0.717, 1.165) is 32.4 Å². The van der Waals surface area contributed by atoms with Gasteiger partial charge >= 0.3 is 6.09 Å². The average Bonchev–Trinajstić information content (AvgIpc) is 2.48. The first kappa shape index (κ1) is 14.4. The van der Waals surface area contributed by atoms with Crippen LogP contribution in [-0.2, 0) is 9.53 Å². The molecule has 1 amide bonds. The summed E-state index contributed by atoms with van der Waals surface area (Å²) >= 11 is 0. The van der Waals surface area contributed by atoms with Crippen LogP contribution >= 0.6 is 0 Å². The van der Waals surface area contributed by atoms with Crippen LogP contribution in [0.4, 0.5) is 4.79 Å². The zero-order valence-corrected chi connectivity index (χ0v) is 12.3. The fraction of sp³-hybridized carbons (Fsp3) is 0.867. The van der Waals surface area contributed by atoms with Gasteiger partial charge in [0.05, 0.1) is 0 Å². The minimum atomic E-state index is -0.439. The molecule has 1 aliphatic carbocycles. The Morgan fingerprint density at radius 3 is 2.68 bits per heavy atom. The van der Waals surface area contributed by atoms with E-state index in [-0.39, 0.29) is 6.09 Å². The van der Waals surface area contributed by atoms with Gasteiger partial charge in [-0.25, -0.2) is 4.79 Å². The van der Waals surface area contributed by atoms with Crippen molar-refractivity contribution < 1.29 is 14.3 Å². The zero-order valence-electron chi connectivity index (χ0n) is 12.3. The molecule has 2 atom stereocenters. The fourth-order valence-electron chi connectivity index (χ4n) is 3.13. The van der Waals surface area contributed by atoms with Crippen LogP contribution in [0.1, 0.15) is 52.9 Å². The maximum Gasteiger partial charge on any atom is 0.410 e. The van der Waals surface area contributed by atoms with Crippen LogP contribution in [0.15, 0.2) is 0 Å². The smallest absolute Gasteiger partial charge is 0.410 e. The van der Waals surface area contributed by atoms with E-state index in [9.17, 15) is 9.59 Å². The maximum absolute atomic E-state index is 12.1. The molecule has 4 nitrogen and oxygen atoms in total. The molecule has 108 valence electrons. The summed E-state index contributed by atoms with van der Waals surface area (Å²) in [4.78, 5) is 25.5. The average molecular weight is 267 g/mol. The van der Waals surface area contributed by atoms with Crippen molar-refractivity contribution >= 4 is 11.9 Å². The quantitative estimate of drug-likeness (QED) is 0.678. The van der Waals surface area contributed by atoms with Gasteiger partial charge in [-0.05, 0) is 51.9 Å². The molecular formula is C15H25NO3. The highest BCUT2D eigenvalue weighted by atomic mass is 16.6. The number of Topliss-reactive ketones (excluding diaryl/α,β-unsaturated/α-hetero) is 1. The van der Waals surface area contributed by atoms with Gasteiger partial charge in [0.1, 0.15) is 11.4 Å². The van der Waals surface area contributed by atoms with Crippen molar-refractivity contribution in [2.45, 2.75) is 58.5 Å². The molecule has 0 aromatic heterocycles. The van der Waals surface area contributed by atoms with Crippen molar-refractivity contribution in [1.29, 1.82) is 0 Å². The maximum atomic E-state index is 12.1. The van der Waals surface area contributed by atoms with Crippen LogP contribution in [0.25, 0.3) is 0 Å². The van der Waals surface area contributed by atoms with E-state index in [2.05, 4.69) is 0 Å². The number of ketones is 1. The number of carbonyl (C=O) groups excluding carboxylic acids is 2. The Morgan fingerprint density at radius 1 is 1.26 bits per heavy atom. The van der Waals surface area contributed by atoms with E-state index in [1.807, 2.05) is 25.7 Å². The predicted octanol–water partition coefficient (Wildman–Crippen LogP) is 3.00. The highest BCUT2D eigenvalue weighted by Gasteiger charge is 2.34. The number of hydrogen-bond donors (Lipinski definition) is 0. The monoisotopic (exact) mass is 267 g/mol. The number of nitrogens with zero attached hydrogens (tertiary/aromatic N) is 1. The molecule has 2 fully saturated rings. The molecule has 0 aromatic carbocycles. The van der Waals surface area contributed by atoms with E-state index >= 15 is 0 Å². The second-order valence-electron chi connectivity index (χ2n) is 6.87. The number of rotatable bonds is 0. The number of amides is 1. The number of fused-ring (bicyclic) bond motifs is 1. The Balaban J connectivity index is 1.97. The minimum Gasteiger partial charge on any atom is -0.444 e. The van der Waals surface area contributed by atoms with Gasteiger partial charge < -0.3 is 9.64 Å². The molecule has 0 spiro atoms. The van der Waals surface area contributed by atoms with Crippen LogP contribution in [0.5, 0.6) is 0 Å². The molecule has 1 aliphatic heterocycles. The highest BCUT2D eigenvalue weighted by molar-refractivity contribution is 5.79. The number of ether oxygens (including phenoxy) is 1. The number of hydrogen-bond acceptors (Lipinski definition) is 3. The van der Waals surface area contributed by atoms with Gasteiger partial charge in [-0.3, -0.25) is 4.79 Å². The van der Waals surface area contributed by atoms with Gasteiger partial charge in [-0.15, -0.1) is 0 Å². The molecule has 0 bridgehead atoms. The highest BCUT2D eigenvalue weighted by Crippen LogP contribution is 2.34. The van der Waals surface area contributed by atoms with Crippen LogP contribution in [0.3, 0.4) is 0 Å². The summed E-state index contributed by atoms with van der Waals surface area (Å²) in [6.07, 6.45) is 4.17. The standard InChI is InChI=1S/C15H25NO3/c1-15(2,3)19-14(18)16-8-4-5-11-9-13(17)7-6-12(11)10-16/h11-12H,4-10H2,1-3H3. The van der Waals surface area contributed by atoms with Crippen molar-refractivity contribution in [2.75, 3.05) is 13.1 Å². The van der Waals surface area contributed by atoms with E-state index in [1.54, 1.807) is 0 Å². The van der Waals surface area contributed by atoms with Gasteiger partial charge in [0.15, 0.2) is 0 Å². The Hall–Kier alpha value is -1.06. The van der Waals surface area contributed by atoms with Crippen LogP contribution in [-0.4, -0.2) is 35.5 Å². The van der Waals surface area contributed by atoms with Crippen LogP contribution in [0.2, 0.25) is 0 Å². The third-order valence-electron chi connectivity index (χ3n) is 4.06. The predicted molar refractivity (Wildman–Crippen MR) is 72.9 cm³/mol. The molecule has 2 aliphatic rings. The first-order valence-electron chi connectivity index (χ1n) is 7.35. The third kappa shape index (κ3) is 3.95. The lowest BCUT2D eigenvalue weighted by molar-refractivity contribution is -0.122. The molecule has 4 heteroatoms. The van der Waals surface area contributed by atoms with Crippen molar-refractivity contribution in [2.24, 2.45) is 11.8 Å². The normalized spacial score (nSPS) is 28.6. The molecular weight excluding hydrogens is 242 g/mol.